The van der Waals surface area contributed by atoms with Crippen molar-refractivity contribution >= 4 is 11.6 Å². The number of nitrogens with zero attached hydrogens (tertiary/aromatic N) is 1. The molecule has 0 bridgehead atoms. The highest BCUT2D eigenvalue weighted by Gasteiger charge is 2.44. The summed E-state index contributed by atoms with van der Waals surface area (Å²) in [4.78, 5) is 2.58. The van der Waals surface area contributed by atoms with E-state index in [4.69, 9.17) is 0 Å². The van der Waals surface area contributed by atoms with Gasteiger partial charge in [-0.15, -0.1) is 0 Å². The molecule has 0 amide bonds. The van der Waals surface area contributed by atoms with E-state index in [9.17, 15) is 0 Å². The summed E-state index contributed by atoms with van der Waals surface area (Å²) in [5.41, 5.74) is 3.94. The molecule has 1 N–H and O–H groups in total. The second-order valence-electron chi connectivity index (χ2n) is 7.67. The van der Waals surface area contributed by atoms with Gasteiger partial charge in [0, 0.05) is 18.6 Å². The van der Waals surface area contributed by atoms with Crippen LogP contribution in [0.2, 0.25) is 0 Å². The molecule has 2 aliphatic rings. The topological polar surface area (TPSA) is 15.3 Å². The first-order valence-electron chi connectivity index (χ1n) is 9.85. The van der Waals surface area contributed by atoms with E-state index < -0.39 is 0 Å². The number of rotatable bonds is 7. The van der Waals surface area contributed by atoms with Crippen LogP contribution in [-0.2, 0) is 5.54 Å². The molecule has 0 spiro atoms. The highest BCUT2D eigenvalue weighted by Crippen LogP contribution is 2.43. The summed E-state index contributed by atoms with van der Waals surface area (Å²) in [7, 11) is 0. The van der Waals surface area contributed by atoms with Crippen LogP contribution in [0.5, 0.6) is 0 Å². The Morgan fingerprint density at radius 2 is 2.00 bits per heavy atom. The molecule has 2 heteroatoms. The van der Waals surface area contributed by atoms with Gasteiger partial charge < -0.3 is 10.2 Å². The van der Waals surface area contributed by atoms with Crippen molar-refractivity contribution in [2.45, 2.75) is 52.0 Å². The Morgan fingerprint density at radius 3 is 2.60 bits per heavy atom. The van der Waals surface area contributed by atoms with Crippen molar-refractivity contribution in [1.82, 2.24) is 10.2 Å². The van der Waals surface area contributed by atoms with Gasteiger partial charge in [0.1, 0.15) is 0 Å². The first-order valence-corrected chi connectivity index (χ1v) is 9.85. The maximum atomic E-state index is 4.15. The van der Waals surface area contributed by atoms with Crippen LogP contribution in [0.3, 0.4) is 0 Å². The third kappa shape index (κ3) is 4.24. The van der Waals surface area contributed by atoms with E-state index >= 15 is 0 Å². The van der Waals surface area contributed by atoms with Crippen molar-refractivity contribution in [3.05, 3.63) is 52.8 Å². The first kappa shape index (κ1) is 18.4. The van der Waals surface area contributed by atoms with Gasteiger partial charge in [-0.1, -0.05) is 37.3 Å². The molecular formula is C23H33N2. The van der Waals surface area contributed by atoms with Gasteiger partial charge in [0.25, 0.3) is 0 Å². The third-order valence-corrected chi connectivity index (χ3v) is 5.72. The van der Waals surface area contributed by atoms with Crippen LogP contribution in [-0.4, -0.2) is 31.1 Å². The number of hydrogen-bond acceptors (Lipinski definition) is 2. The minimum Gasteiger partial charge on any atom is -0.306 e. The molecule has 135 valence electrons. The smallest absolute Gasteiger partial charge is 0.0471 e. The van der Waals surface area contributed by atoms with Gasteiger partial charge in [-0.05, 0) is 86.7 Å². The van der Waals surface area contributed by atoms with E-state index in [1.165, 1.54) is 54.0 Å². The molecule has 1 aromatic rings. The van der Waals surface area contributed by atoms with Crippen LogP contribution in [0, 0.1) is 6.42 Å². The van der Waals surface area contributed by atoms with Crippen molar-refractivity contribution in [1.29, 1.82) is 0 Å². The van der Waals surface area contributed by atoms with Crippen LogP contribution in [0.1, 0.15) is 52.0 Å². The Hall–Kier alpha value is -1.38. The van der Waals surface area contributed by atoms with E-state index in [0.29, 0.717) is 0 Å². The fourth-order valence-electron chi connectivity index (χ4n) is 3.81. The van der Waals surface area contributed by atoms with Gasteiger partial charge in [0.2, 0.25) is 0 Å². The summed E-state index contributed by atoms with van der Waals surface area (Å²) in [5.74, 6) is 0. The van der Waals surface area contributed by atoms with E-state index in [1.807, 2.05) is 0 Å². The summed E-state index contributed by atoms with van der Waals surface area (Å²) in [6, 6.07) is 6.98. The molecule has 1 saturated carbocycles. The van der Waals surface area contributed by atoms with Gasteiger partial charge in [-0.3, -0.25) is 0 Å². The van der Waals surface area contributed by atoms with E-state index in [-0.39, 0.29) is 5.54 Å². The van der Waals surface area contributed by atoms with Crippen molar-refractivity contribution in [2.75, 3.05) is 26.2 Å². The second-order valence-corrected chi connectivity index (χ2v) is 7.67. The monoisotopic (exact) mass is 337 g/mol. The Kier molecular flexibility index (Phi) is 5.81. The van der Waals surface area contributed by atoms with Gasteiger partial charge in [0.15, 0.2) is 0 Å². The van der Waals surface area contributed by atoms with Gasteiger partial charge >= 0.3 is 0 Å². The van der Waals surface area contributed by atoms with Crippen LogP contribution in [0.15, 0.2) is 30.4 Å². The summed E-state index contributed by atoms with van der Waals surface area (Å²) in [5, 5.41) is 6.49. The molecule has 1 atom stereocenters. The lowest BCUT2D eigenvalue weighted by Crippen LogP contribution is -2.38. The number of allylic oxidation sites excluding steroid dienone is 1. The highest BCUT2D eigenvalue weighted by molar-refractivity contribution is 5.61. The zero-order valence-electron chi connectivity index (χ0n) is 16.2. The fourth-order valence-corrected chi connectivity index (χ4v) is 3.81. The minimum atomic E-state index is 0.0918. The lowest BCUT2D eigenvalue weighted by molar-refractivity contribution is 0.326. The molecule has 1 aliphatic carbocycles. The largest absolute Gasteiger partial charge is 0.306 e. The number of nitrogens with one attached hydrogen (secondary N) is 1. The van der Waals surface area contributed by atoms with Crippen molar-refractivity contribution in [3.8, 4) is 0 Å². The third-order valence-electron chi connectivity index (χ3n) is 5.72. The van der Waals surface area contributed by atoms with Crippen LogP contribution < -0.4 is 15.8 Å². The normalized spacial score (nSPS) is 21.5. The maximum Gasteiger partial charge on any atom is 0.0471 e. The van der Waals surface area contributed by atoms with E-state index in [2.05, 4.69) is 68.3 Å². The lowest BCUT2D eigenvalue weighted by atomic mass is 9.98. The van der Waals surface area contributed by atoms with E-state index in [0.717, 1.165) is 25.0 Å². The van der Waals surface area contributed by atoms with Crippen molar-refractivity contribution in [3.63, 3.8) is 0 Å². The van der Waals surface area contributed by atoms with Crippen LogP contribution >= 0.6 is 0 Å². The Bertz CT molecular complexity index is 734. The molecule has 2 fully saturated rings. The summed E-state index contributed by atoms with van der Waals surface area (Å²) in [6.45, 7) is 15.4. The standard InChI is InChI=1S/C23H33N2/c1-5-8-20-9-10-21(17-22(20)19(4)18(2)3)23(11-12-23)24-13-16-25-14-6-7-15-25/h8-11,17,24H,2,5-7,12-16H2,1,3-4H3/b20-8+,22-19-. The molecule has 25 heavy (non-hydrogen) atoms. The van der Waals surface area contributed by atoms with Crippen molar-refractivity contribution < 1.29 is 0 Å². The quantitative estimate of drug-likeness (QED) is 0.822. The van der Waals surface area contributed by atoms with Crippen LogP contribution in [0.25, 0.3) is 11.6 Å². The number of benzene rings is 1. The molecule has 1 heterocycles. The summed E-state index contributed by atoms with van der Waals surface area (Å²) >= 11 is 0. The first-order chi connectivity index (χ1) is 12.1. The Labute approximate surface area is 153 Å². The average Bonchev–Trinajstić information content (AvgIpc) is 3.20. The maximum absolute atomic E-state index is 4.15. The molecule has 1 aliphatic heterocycles. The predicted octanol–water partition coefficient (Wildman–Crippen LogP) is 3.11. The fraction of sp³-hybridized carbons (Fsp3) is 0.522. The highest BCUT2D eigenvalue weighted by atomic mass is 15.2. The molecule has 1 unspecified atom stereocenters. The molecule has 3 rings (SSSR count). The van der Waals surface area contributed by atoms with Crippen molar-refractivity contribution in [2.24, 2.45) is 0 Å². The number of hydrogen-bond donors (Lipinski definition) is 1. The zero-order chi connectivity index (χ0) is 17.9. The molecular weight excluding hydrogens is 304 g/mol. The Balaban J connectivity index is 1.82. The SMILES string of the molecule is C=C(C)/C(C)=c1/cc(C2(NCCN3CCCC3)[CH]C2)cc/c1=C\CC. The summed E-state index contributed by atoms with van der Waals surface area (Å²) < 4.78 is 0. The average molecular weight is 338 g/mol. The van der Waals surface area contributed by atoms with Gasteiger partial charge in [0.05, 0.1) is 0 Å². The van der Waals surface area contributed by atoms with E-state index in [1.54, 1.807) is 0 Å². The van der Waals surface area contributed by atoms with Crippen LogP contribution in [0.4, 0.5) is 0 Å². The summed E-state index contributed by atoms with van der Waals surface area (Å²) in [6.07, 6.45) is 9.65. The van der Waals surface area contributed by atoms with Gasteiger partial charge in [-0.25, -0.2) is 0 Å². The molecule has 1 radical (unpaired) electrons. The molecule has 1 saturated heterocycles. The second kappa shape index (κ2) is 7.88. The number of likely N-dealkylation sites (tertiary alicyclic amines) is 1. The van der Waals surface area contributed by atoms with Gasteiger partial charge in [-0.2, -0.15) is 0 Å². The molecule has 1 aromatic carbocycles. The lowest BCUT2D eigenvalue weighted by Gasteiger charge is -2.21. The predicted molar refractivity (Wildman–Crippen MR) is 109 cm³/mol. The molecule has 2 nitrogen and oxygen atoms in total. The molecule has 0 aromatic heterocycles. The Morgan fingerprint density at radius 1 is 1.28 bits per heavy atom. The minimum absolute atomic E-state index is 0.0918. The zero-order valence-corrected chi connectivity index (χ0v) is 16.2.